The monoisotopic (exact) mass is 442 g/mol. The number of nitrogens with zero attached hydrogens (tertiary/aromatic N) is 5. The van der Waals surface area contributed by atoms with Crippen LogP contribution in [0.1, 0.15) is 42.7 Å². The molecule has 2 aromatic carbocycles. The summed E-state index contributed by atoms with van der Waals surface area (Å²) < 4.78 is 1.75. The summed E-state index contributed by atoms with van der Waals surface area (Å²) in [5.41, 5.74) is 3.94. The normalized spacial score (nSPS) is 12.0. The minimum Gasteiger partial charge on any atom is -0.352 e. The molecule has 1 N–H and O–H groups in total. The molecule has 4 aromatic rings. The average Bonchev–Trinajstić information content (AvgIpc) is 3.18. The smallest absolute Gasteiger partial charge is 0.244 e. The molecule has 0 radical (unpaired) electrons. The predicted molar refractivity (Wildman–Crippen MR) is 131 cm³/mol. The van der Waals surface area contributed by atoms with Gasteiger partial charge in [-0.1, -0.05) is 42.5 Å². The van der Waals surface area contributed by atoms with E-state index in [0.29, 0.717) is 5.82 Å². The van der Waals surface area contributed by atoms with Crippen molar-refractivity contribution in [2.45, 2.75) is 46.8 Å². The lowest BCUT2D eigenvalue weighted by Gasteiger charge is -2.24. The van der Waals surface area contributed by atoms with Crippen molar-refractivity contribution in [3.8, 4) is 0 Å². The Hall–Kier alpha value is -3.74. The SMILES string of the molecule is CCN(Cc1ccccc1)c1nc(CNC(=O)[C@H](C)n2nc(C)cc2C)nc2ccccc12. The van der Waals surface area contributed by atoms with E-state index in [0.717, 1.165) is 41.2 Å². The number of anilines is 1. The Morgan fingerprint density at radius 2 is 1.79 bits per heavy atom. The third-order valence-corrected chi connectivity index (χ3v) is 5.74. The first-order valence-corrected chi connectivity index (χ1v) is 11.3. The van der Waals surface area contributed by atoms with Gasteiger partial charge < -0.3 is 10.2 Å². The molecule has 33 heavy (non-hydrogen) atoms. The molecule has 0 aliphatic rings. The number of hydrogen-bond donors (Lipinski definition) is 1. The minimum absolute atomic E-state index is 0.115. The zero-order valence-electron chi connectivity index (χ0n) is 19.6. The first-order chi connectivity index (χ1) is 16.0. The van der Waals surface area contributed by atoms with Crippen molar-refractivity contribution in [1.29, 1.82) is 0 Å². The van der Waals surface area contributed by atoms with Gasteiger partial charge in [0.2, 0.25) is 5.91 Å². The minimum atomic E-state index is -0.413. The molecule has 1 atom stereocenters. The van der Waals surface area contributed by atoms with Crippen molar-refractivity contribution in [1.82, 2.24) is 25.1 Å². The summed E-state index contributed by atoms with van der Waals surface area (Å²) in [6.07, 6.45) is 0. The van der Waals surface area contributed by atoms with Gasteiger partial charge in [0.15, 0.2) is 5.82 Å². The number of fused-ring (bicyclic) bond motifs is 1. The van der Waals surface area contributed by atoms with Crippen LogP contribution in [0.15, 0.2) is 60.7 Å². The van der Waals surface area contributed by atoms with Gasteiger partial charge in [-0.2, -0.15) is 5.10 Å². The van der Waals surface area contributed by atoms with Gasteiger partial charge in [-0.15, -0.1) is 0 Å². The van der Waals surface area contributed by atoms with Crippen LogP contribution in [0.2, 0.25) is 0 Å². The molecule has 7 nitrogen and oxygen atoms in total. The molecule has 2 aromatic heterocycles. The highest BCUT2D eigenvalue weighted by Crippen LogP contribution is 2.25. The quantitative estimate of drug-likeness (QED) is 0.439. The second kappa shape index (κ2) is 9.81. The summed E-state index contributed by atoms with van der Waals surface area (Å²) in [6.45, 7) is 9.65. The molecule has 0 spiro atoms. The highest BCUT2D eigenvalue weighted by atomic mass is 16.2. The van der Waals surface area contributed by atoms with Gasteiger partial charge in [-0.25, -0.2) is 9.97 Å². The molecule has 0 saturated heterocycles. The number of aromatic nitrogens is 4. The maximum absolute atomic E-state index is 12.8. The number of rotatable bonds is 8. The summed E-state index contributed by atoms with van der Waals surface area (Å²) in [5.74, 6) is 1.35. The van der Waals surface area contributed by atoms with Crippen molar-refractivity contribution in [2.75, 3.05) is 11.4 Å². The highest BCUT2D eigenvalue weighted by Gasteiger charge is 2.19. The number of hydrogen-bond acceptors (Lipinski definition) is 5. The van der Waals surface area contributed by atoms with Gasteiger partial charge in [0, 0.05) is 24.2 Å². The second-order valence-corrected chi connectivity index (χ2v) is 8.25. The molecule has 4 rings (SSSR count). The number of para-hydroxylation sites is 1. The van der Waals surface area contributed by atoms with E-state index < -0.39 is 6.04 Å². The maximum atomic E-state index is 12.8. The predicted octanol–water partition coefficient (Wildman–Crippen LogP) is 4.35. The Balaban J connectivity index is 1.58. The summed E-state index contributed by atoms with van der Waals surface area (Å²) >= 11 is 0. The Morgan fingerprint density at radius 3 is 2.48 bits per heavy atom. The van der Waals surface area contributed by atoms with E-state index in [1.807, 2.05) is 69.3 Å². The van der Waals surface area contributed by atoms with Gasteiger partial charge in [0.25, 0.3) is 0 Å². The Morgan fingerprint density at radius 1 is 1.06 bits per heavy atom. The van der Waals surface area contributed by atoms with Crippen molar-refractivity contribution in [3.05, 3.63) is 83.4 Å². The van der Waals surface area contributed by atoms with Crippen LogP contribution in [0, 0.1) is 13.8 Å². The maximum Gasteiger partial charge on any atom is 0.244 e. The molecule has 0 unspecified atom stereocenters. The number of aryl methyl sites for hydroxylation is 2. The van der Waals surface area contributed by atoms with Crippen LogP contribution in [0.25, 0.3) is 10.9 Å². The zero-order chi connectivity index (χ0) is 23.4. The third kappa shape index (κ3) is 5.03. The van der Waals surface area contributed by atoms with Gasteiger partial charge in [-0.05, 0) is 51.5 Å². The Kier molecular flexibility index (Phi) is 6.68. The van der Waals surface area contributed by atoms with Crippen LogP contribution < -0.4 is 10.2 Å². The molecular weight excluding hydrogens is 412 g/mol. The van der Waals surface area contributed by atoms with Crippen LogP contribution in [-0.2, 0) is 17.9 Å². The number of amides is 1. The zero-order valence-corrected chi connectivity index (χ0v) is 19.6. The fraction of sp³-hybridized carbons (Fsp3) is 0.308. The molecule has 0 bridgehead atoms. The van der Waals surface area contributed by atoms with E-state index in [-0.39, 0.29) is 12.5 Å². The Bertz CT molecular complexity index is 1250. The molecule has 0 aliphatic carbocycles. The molecule has 0 aliphatic heterocycles. The van der Waals surface area contributed by atoms with Crippen molar-refractivity contribution in [2.24, 2.45) is 0 Å². The Labute approximate surface area is 194 Å². The molecule has 0 saturated carbocycles. The van der Waals surface area contributed by atoms with Crippen molar-refractivity contribution < 1.29 is 4.79 Å². The number of carbonyl (C=O) groups excluding carboxylic acids is 1. The van der Waals surface area contributed by atoms with Gasteiger partial charge >= 0.3 is 0 Å². The van der Waals surface area contributed by atoms with Gasteiger partial charge in [0.1, 0.15) is 11.9 Å². The van der Waals surface area contributed by atoms with E-state index in [1.165, 1.54) is 5.56 Å². The van der Waals surface area contributed by atoms with E-state index in [4.69, 9.17) is 9.97 Å². The summed E-state index contributed by atoms with van der Waals surface area (Å²) in [4.78, 5) is 24.6. The van der Waals surface area contributed by atoms with Crippen LogP contribution in [0.5, 0.6) is 0 Å². The van der Waals surface area contributed by atoms with Crippen LogP contribution in [0.3, 0.4) is 0 Å². The standard InChI is InChI=1S/C26H30N6O/c1-5-31(17-21-11-7-6-8-12-21)25-22-13-9-10-14-23(22)28-24(29-25)16-27-26(33)20(4)32-19(3)15-18(2)30-32/h6-15,20H,5,16-17H2,1-4H3,(H,27,33)/t20-/m0/s1. The molecule has 0 fully saturated rings. The molecule has 7 heteroatoms. The van der Waals surface area contributed by atoms with Crippen LogP contribution in [0.4, 0.5) is 5.82 Å². The van der Waals surface area contributed by atoms with E-state index in [2.05, 4.69) is 34.4 Å². The van der Waals surface area contributed by atoms with Crippen molar-refractivity contribution in [3.63, 3.8) is 0 Å². The molecule has 170 valence electrons. The van der Waals surface area contributed by atoms with Gasteiger partial charge in [-0.3, -0.25) is 9.48 Å². The molecule has 1 amide bonds. The number of benzene rings is 2. The number of carbonyl (C=O) groups is 1. The largest absolute Gasteiger partial charge is 0.352 e. The fourth-order valence-electron chi connectivity index (χ4n) is 4.03. The number of nitrogens with one attached hydrogen (secondary N) is 1. The van der Waals surface area contributed by atoms with E-state index in [1.54, 1.807) is 4.68 Å². The topological polar surface area (TPSA) is 75.9 Å². The second-order valence-electron chi connectivity index (χ2n) is 8.25. The average molecular weight is 443 g/mol. The lowest BCUT2D eigenvalue weighted by atomic mass is 10.2. The first-order valence-electron chi connectivity index (χ1n) is 11.3. The highest BCUT2D eigenvalue weighted by molar-refractivity contribution is 5.89. The summed E-state index contributed by atoms with van der Waals surface area (Å²) in [7, 11) is 0. The van der Waals surface area contributed by atoms with Crippen LogP contribution >= 0.6 is 0 Å². The lowest BCUT2D eigenvalue weighted by molar-refractivity contribution is -0.124. The van der Waals surface area contributed by atoms with E-state index in [9.17, 15) is 4.79 Å². The molecular formula is C26H30N6O. The third-order valence-electron chi connectivity index (χ3n) is 5.74. The lowest BCUT2D eigenvalue weighted by Crippen LogP contribution is -2.32. The van der Waals surface area contributed by atoms with E-state index >= 15 is 0 Å². The summed E-state index contributed by atoms with van der Waals surface area (Å²) in [5, 5.41) is 8.42. The molecule has 2 heterocycles. The summed E-state index contributed by atoms with van der Waals surface area (Å²) in [6, 6.07) is 19.9. The first kappa shape index (κ1) is 22.5. The van der Waals surface area contributed by atoms with Crippen LogP contribution in [-0.4, -0.2) is 32.2 Å². The van der Waals surface area contributed by atoms with Crippen molar-refractivity contribution >= 4 is 22.6 Å². The fourth-order valence-corrected chi connectivity index (χ4v) is 4.03. The van der Waals surface area contributed by atoms with Gasteiger partial charge in [0.05, 0.1) is 17.8 Å².